The predicted octanol–water partition coefficient (Wildman–Crippen LogP) is 3.13. The summed E-state index contributed by atoms with van der Waals surface area (Å²) in [5.41, 5.74) is 1.81. The summed E-state index contributed by atoms with van der Waals surface area (Å²) in [5, 5.41) is 4.48. The topological polar surface area (TPSA) is 44.9 Å². The molecule has 2 N–H and O–H groups in total. The van der Waals surface area contributed by atoms with E-state index in [2.05, 4.69) is 10.3 Å². The van der Waals surface area contributed by atoms with Gasteiger partial charge in [-0.15, -0.1) is 0 Å². The van der Waals surface area contributed by atoms with Gasteiger partial charge in [-0.25, -0.2) is 0 Å². The summed E-state index contributed by atoms with van der Waals surface area (Å²) in [7, 11) is 0. The van der Waals surface area contributed by atoms with Gasteiger partial charge >= 0.3 is 0 Å². The Kier molecular flexibility index (Phi) is 3.65. The van der Waals surface area contributed by atoms with Crippen molar-refractivity contribution in [2.24, 2.45) is 5.92 Å². The number of aromatic nitrogens is 1. The van der Waals surface area contributed by atoms with Crippen LogP contribution in [0.3, 0.4) is 0 Å². The second kappa shape index (κ2) is 5.57. The number of piperidine rings is 1. The lowest BCUT2D eigenvalue weighted by atomic mass is 9.92. The van der Waals surface area contributed by atoms with Gasteiger partial charge in [-0.05, 0) is 50.4 Å². The summed E-state index contributed by atoms with van der Waals surface area (Å²) in [6, 6.07) is 10.0. The Labute approximate surface area is 113 Å². The van der Waals surface area contributed by atoms with E-state index in [4.69, 9.17) is 0 Å². The van der Waals surface area contributed by atoms with Crippen molar-refractivity contribution in [2.75, 3.05) is 13.1 Å². The summed E-state index contributed by atoms with van der Waals surface area (Å²) in [4.78, 5) is 15.4. The fourth-order valence-electron chi connectivity index (χ4n) is 2.86. The second-order valence-electron chi connectivity index (χ2n) is 5.43. The fourth-order valence-corrected chi connectivity index (χ4v) is 2.86. The average molecular weight is 256 g/mol. The number of carbonyl (C=O) groups excluding carboxylic acids is 1. The first-order valence-electron chi connectivity index (χ1n) is 7.14. The highest BCUT2D eigenvalue weighted by Gasteiger charge is 2.16. The molecule has 100 valence electrons. The fraction of sp³-hybridized carbons (Fsp3) is 0.438. The molecule has 1 aromatic carbocycles. The summed E-state index contributed by atoms with van der Waals surface area (Å²) >= 11 is 0. The van der Waals surface area contributed by atoms with Gasteiger partial charge in [0.25, 0.3) is 0 Å². The Morgan fingerprint density at radius 1 is 1.21 bits per heavy atom. The minimum absolute atomic E-state index is 0.245. The van der Waals surface area contributed by atoms with Gasteiger partial charge in [0.2, 0.25) is 0 Å². The third-order valence-electron chi connectivity index (χ3n) is 4.07. The molecular weight excluding hydrogens is 236 g/mol. The van der Waals surface area contributed by atoms with Crippen LogP contribution in [0.2, 0.25) is 0 Å². The largest absolute Gasteiger partial charge is 0.352 e. The quantitative estimate of drug-likeness (QED) is 0.825. The number of hydrogen-bond acceptors (Lipinski definition) is 2. The molecule has 0 radical (unpaired) electrons. The number of Topliss-reactive ketones (excluding diaryl/α,β-unsaturated/α-hetero) is 1. The van der Waals surface area contributed by atoms with Crippen molar-refractivity contribution in [1.82, 2.24) is 10.3 Å². The van der Waals surface area contributed by atoms with E-state index >= 15 is 0 Å². The maximum Gasteiger partial charge on any atom is 0.179 e. The van der Waals surface area contributed by atoms with Crippen LogP contribution in [0.4, 0.5) is 0 Å². The zero-order valence-corrected chi connectivity index (χ0v) is 11.1. The summed E-state index contributed by atoms with van der Waals surface area (Å²) in [6.45, 7) is 2.20. The van der Waals surface area contributed by atoms with Crippen LogP contribution in [0.15, 0.2) is 30.3 Å². The Balaban J connectivity index is 1.63. The Morgan fingerprint density at radius 3 is 2.79 bits per heavy atom. The Bertz CT molecular complexity index is 534. The SMILES string of the molecule is O=C(CCC1CCNCC1)c1cc2ccccc2[nH]1. The van der Waals surface area contributed by atoms with E-state index in [-0.39, 0.29) is 5.78 Å². The first kappa shape index (κ1) is 12.4. The van der Waals surface area contributed by atoms with E-state index < -0.39 is 0 Å². The standard InChI is InChI=1S/C16H20N2O/c19-16(6-5-12-7-9-17-10-8-12)15-11-13-3-1-2-4-14(13)18-15/h1-4,11-12,17-18H,5-10H2. The number of rotatable bonds is 4. The molecule has 0 bridgehead atoms. The lowest BCUT2D eigenvalue weighted by Crippen LogP contribution is -2.28. The first-order valence-corrected chi connectivity index (χ1v) is 7.14. The number of para-hydroxylation sites is 1. The van der Waals surface area contributed by atoms with Gasteiger partial charge in [0.1, 0.15) is 0 Å². The van der Waals surface area contributed by atoms with Gasteiger partial charge in [-0.3, -0.25) is 4.79 Å². The minimum atomic E-state index is 0.245. The molecule has 0 spiro atoms. The van der Waals surface area contributed by atoms with Crippen LogP contribution in [0.1, 0.15) is 36.2 Å². The van der Waals surface area contributed by atoms with E-state index in [0.717, 1.165) is 42.0 Å². The molecule has 1 saturated heterocycles. The molecule has 1 aliphatic rings. The molecule has 2 heterocycles. The lowest BCUT2D eigenvalue weighted by Gasteiger charge is -2.21. The van der Waals surface area contributed by atoms with E-state index in [1.165, 1.54) is 12.8 Å². The van der Waals surface area contributed by atoms with Crippen LogP contribution in [-0.4, -0.2) is 23.9 Å². The molecule has 19 heavy (non-hydrogen) atoms. The van der Waals surface area contributed by atoms with Gasteiger partial charge < -0.3 is 10.3 Å². The van der Waals surface area contributed by atoms with Crippen LogP contribution >= 0.6 is 0 Å². The summed E-state index contributed by atoms with van der Waals surface area (Å²) < 4.78 is 0. The highest BCUT2D eigenvalue weighted by Crippen LogP contribution is 2.21. The van der Waals surface area contributed by atoms with Crippen molar-refractivity contribution in [1.29, 1.82) is 0 Å². The molecule has 1 aliphatic heterocycles. The third-order valence-corrected chi connectivity index (χ3v) is 4.07. The third kappa shape index (κ3) is 2.87. The number of aromatic amines is 1. The van der Waals surface area contributed by atoms with E-state index in [1.54, 1.807) is 0 Å². The van der Waals surface area contributed by atoms with Crippen molar-refractivity contribution in [3.63, 3.8) is 0 Å². The lowest BCUT2D eigenvalue weighted by molar-refractivity contribution is 0.0967. The van der Waals surface area contributed by atoms with Crippen molar-refractivity contribution in [3.05, 3.63) is 36.0 Å². The van der Waals surface area contributed by atoms with Crippen molar-refractivity contribution in [3.8, 4) is 0 Å². The first-order chi connectivity index (χ1) is 9.33. The van der Waals surface area contributed by atoms with E-state index in [0.29, 0.717) is 6.42 Å². The molecule has 0 amide bonds. The number of H-pyrrole nitrogens is 1. The van der Waals surface area contributed by atoms with Gasteiger partial charge in [-0.2, -0.15) is 0 Å². The summed E-state index contributed by atoms with van der Waals surface area (Å²) in [6.07, 6.45) is 4.10. The molecule has 0 saturated carbocycles. The number of carbonyl (C=O) groups is 1. The Hall–Kier alpha value is -1.61. The summed E-state index contributed by atoms with van der Waals surface area (Å²) in [5.74, 6) is 0.962. The van der Waals surface area contributed by atoms with Crippen LogP contribution in [-0.2, 0) is 0 Å². The normalized spacial score (nSPS) is 16.8. The monoisotopic (exact) mass is 256 g/mol. The number of fused-ring (bicyclic) bond motifs is 1. The molecule has 3 heteroatoms. The second-order valence-corrected chi connectivity index (χ2v) is 5.43. The zero-order chi connectivity index (χ0) is 13.1. The molecule has 3 rings (SSSR count). The molecule has 0 unspecified atom stereocenters. The number of ketones is 1. The zero-order valence-electron chi connectivity index (χ0n) is 11.1. The predicted molar refractivity (Wildman–Crippen MR) is 77.5 cm³/mol. The van der Waals surface area contributed by atoms with E-state index in [9.17, 15) is 4.79 Å². The highest BCUT2D eigenvalue weighted by molar-refractivity contribution is 5.99. The van der Waals surface area contributed by atoms with Crippen molar-refractivity contribution in [2.45, 2.75) is 25.7 Å². The molecular formula is C16H20N2O. The van der Waals surface area contributed by atoms with Crippen LogP contribution in [0.25, 0.3) is 10.9 Å². The van der Waals surface area contributed by atoms with Crippen LogP contribution < -0.4 is 5.32 Å². The molecule has 2 aromatic rings. The molecule has 3 nitrogen and oxygen atoms in total. The van der Waals surface area contributed by atoms with Gasteiger partial charge in [0, 0.05) is 17.3 Å². The van der Waals surface area contributed by atoms with Gasteiger partial charge in [0.05, 0.1) is 5.69 Å². The molecule has 1 aromatic heterocycles. The number of benzene rings is 1. The van der Waals surface area contributed by atoms with Crippen molar-refractivity contribution >= 4 is 16.7 Å². The number of nitrogens with one attached hydrogen (secondary N) is 2. The molecule has 0 aliphatic carbocycles. The van der Waals surface area contributed by atoms with Gasteiger partial charge in [0.15, 0.2) is 5.78 Å². The molecule has 0 atom stereocenters. The smallest absolute Gasteiger partial charge is 0.179 e. The maximum absolute atomic E-state index is 12.2. The van der Waals surface area contributed by atoms with Crippen molar-refractivity contribution < 1.29 is 4.79 Å². The molecule has 1 fully saturated rings. The van der Waals surface area contributed by atoms with E-state index in [1.807, 2.05) is 30.3 Å². The maximum atomic E-state index is 12.2. The van der Waals surface area contributed by atoms with Gasteiger partial charge in [-0.1, -0.05) is 18.2 Å². The average Bonchev–Trinajstić information content (AvgIpc) is 2.90. The van der Waals surface area contributed by atoms with Crippen LogP contribution in [0, 0.1) is 5.92 Å². The minimum Gasteiger partial charge on any atom is -0.352 e. The number of hydrogen-bond donors (Lipinski definition) is 2. The highest BCUT2D eigenvalue weighted by atomic mass is 16.1. The van der Waals surface area contributed by atoms with Crippen LogP contribution in [0.5, 0.6) is 0 Å². The Morgan fingerprint density at radius 2 is 2.00 bits per heavy atom.